The topological polar surface area (TPSA) is 57.2 Å². The minimum Gasteiger partial charge on any atom is -0.461 e. The molecule has 0 bridgehead atoms. The standard InChI is InChI=1S/C9H14N2O2/c1-3-7-5-8(11(10)6-7)9(12)13-4-2/h5-6H,3-4,10H2,1-2H3. The molecular formula is C9H14N2O2. The molecule has 1 rings (SSSR count). The molecule has 0 fully saturated rings. The van der Waals surface area contributed by atoms with E-state index in [1.807, 2.05) is 6.92 Å². The lowest BCUT2D eigenvalue weighted by atomic mass is 10.2. The van der Waals surface area contributed by atoms with Gasteiger partial charge in [-0.3, -0.25) is 4.68 Å². The van der Waals surface area contributed by atoms with E-state index in [2.05, 4.69) is 0 Å². The predicted octanol–water partition coefficient (Wildman–Crippen LogP) is 0.941. The SMILES string of the molecule is CCOC(=O)c1cc(CC)cn1N. The first kappa shape index (κ1) is 9.64. The van der Waals surface area contributed by atoms with Crippen LogP contribution in [0.15, 0.2) is 12.3 Å². The molecule has 0 saturated carbocycles. The predicted molar refractivity (Wildman–Crippen MR) is 49.9 cm³/mol. The Bertz CT molecular complexity index is 305. The second-order valence-corrected chi connectivity index (χ2v) is 2.71. The van der Waals surface area contributed by atoms with Crippen LogP contribution < -0.4 is 5.84 Å². The van der Waals surface area contributed by atoms with E-state index >= 15 is 0 Å². The van der Waals surface area contributed by atoms with Gasteiger partial charge in [-0.1, -0.05) is 6.92 Å². The van der Waals surface area contributed by atoms with Gasteiger partial charge in [0.15, 0.2) is 0 Å². The molecule has 0 unspecified atom stereocenters. The molecule has 0 spiro atoms. The quantitative estimate of drug-likeness (QED) is 0.559. The zero-order chi connectivity index (χ0) is 9.84. The number of aromatic nitrogens is 1. The number of carbonyl (C=O) groups excluding carboxylic acids is 1. The second kappa shape index (κ2) is 3.98. The summed E-state index contributed by atoms with van der Waals surface area (Å²) >= 11 is 0. The van der Waals surface area contributed by atoms with Crippen LogP contribution in [0.1, 0.15) is 29.9 Å². The van der Waals surface area contributed by atoms with E-state index in [0.717, 1.165) is 12.0 Å². The molecule has 0 aliphatic carbocycles. The van der Waals surface area contributed by atoms with E-state index in [4.69, 9.17) is 10.6 Å². The Labute approximate surface area is 77.3 Å². The summed E-state index contributed by atoms with van der Waals surface area (Å²) in [7, 11) is 0. The number of nitrogen functional groups attached to an aromatic ring is 1. The first-order valence-electron chi connectivity index (χ1n) is 4.32. The van der Waals surface area contributed by atoms with Crippen LogP contribution in [0.25, 0.3) is 0 Å². The molecule has 4 heteroatoms. The highest BCUT2D eigenvalue weighted by molar-refractivity contribution is 5.88. The van der Waals surface area contributed by atoms with Crippen molar-refractivity contribution in [1.29, 1.82) is 0 Å². The Morgan fingerprint density at radius 1 is 1.62 bits per heavy atom. The highest BCUT2D eigenvalue weighted by Gasteiger charge is 2.12. The molecule has 0 aliphatic heterocycles. The molecule has 0 aliphatic rings. The normalized spacial score (nSPS) is 10.0. The smallest absolute Gasteiger partial charge is 0.356 e. The van der Waals surface area contributed by atoms with Gasteiger partial charge >= 0.3 is 5.97 Å². The van der Waals surface area contributed by atoms with Crippen LogP contribution in [0.4, 0.5) is 0 Å². The van der Waals surface area contributed by atoms with Crippen LogP contribution in [0.2, 0.25) is 0 Å². The van der Waals surface area contributed by atoms with Crippen LogP contribution in [-0.2, 0) is 11.2 Å². The molecule has 0 atom stereocenters. The highest BCUT2D eigenvalue weighted by Crippen LogP contribution is 2.07. The van der Waals surface area contributed by atoms with Gasteiger partial charge in [-0.2, -0.15) is 0 Å². The number of hydrogen-bond acceptors (Lipinski definition) is 3. The van der Waals surface area contributed by atoms with Crippen LogP contribution >= 0.6 is 0 Å². The lowest BCUT2D eigenvalue weighted by Gasteiger charge is -2.01. The Morgan fingerprint density at radius 3 is 2.77 bits per heavy atom. The van der Waals surface area contributed by atoms with Gasteiger partial charge in [0.25, 0.3) is 0 Å². The van der Waals surface area contributed by atoms with Gasteiger partial charge in [0.2, 0.25) is 0 Å². The molecule has 72 valence electrons. The van der Waals surface area contributed by atoms with Gasteiger partial charge in [-0.25, -0.2) is 4.79 Å². The number of esters is 1. The third kappa shape index (κ3) is 2.02. The lowest BCUT2D eigenvalue weighted by molar-refractivity contribution is 0.0516. The molecule has 4 nitrogen and oxygen atoms in total. The summed E-state index contributed by atoms with van der Waals surface area (Å²) in [5, 5.41) is 0. The summed E-state index contributed by atoms with van der Waals surface area (Å²) in [5.74, 6) is 5.19. The fraction of sp³-hybridized carbons (Fsp3) is 0.444. The van der Waals surface area contributed by atoms with E-state index in [0.29, 0.717) is 12.3 Å². The number of rotatable bonds is 3. The minimum atomic E-state index is -0.371. The molecule has 0 radical (unpaired) electrons. The van der Waals surface area contributed by atoms with E-state index in [1.54, 1.807) is 19.2 Å². The Morgan fingerprint density at radius 2 is 2.31 bits per heavy atom. The largest absolute Gasteiger partial charge is 0.461 e. The third-order valence-electron chi connectivity index (χ3n) is 1.80. The molecular weight excluding hydrogens is 168 g/mol. The average molecular weight is 182 g/mol. The van der Waals surface area contributed by atoms with Crippen LogP contribution in [0.3, 0.4) is 0 Å². The van der Waals surface area contributed by atoms with Crippen molar-refractivity contribution in [3.05, 3.63) is 23.5 Å². The number of nitrogens with zero attached hydrogens (tertiary/aromatic N) is 1. The van der Waals surface area contributed by atoms with Crippen LogP contribution in [0.5, 0.6) is 0 Å². The zero-order valence-corrected chi connectivity index (χ0v) is 7.91. The highest BCUT2D eigenvalue weighted by atomic mass is 16.5. The van der Waals surface area contributed by atoms with E-state index < -0.39 is 0 Å². The molecule has 1 aromatic rings. The maximum absolute atomic E-state index is 11.3. The second-order valence-electron chi connectivity index (χ2n) is 2.71. The van der Waals surface area contributed by atoms with Crippen LogP contribution in [0, 0.1) is 0 Å². The fourth-order valence-electron chi connectivity index (χ4n) is 1.10. The Kier molecular flexibility index (Phi) is 2.95. The number of aryl methyl sites for hydroxylation is 1. The van der Waals surface area contributed by atoms with Gasteiger partial charge in [-0.15, -0.1) is 0 Å². The number of hydrogen-bond donors (Lipinski definition) is 1. The van der Waals surface area contributed by atoms with Crippen molar-refractivity contribution in [2.24, 2.45) is 0 Å². The molecule has 0 amide bonds. The molecule has 13 heavy (non-hydrogen) atoms. The number of ether oxygens (including phenoxy) is 1. The summed E-state index contributed by atoms with van der Waals surface area (Å²) in [6, 6.07) is 1.75. The van der Waals surface area contributed by atoms with E-state index in [-0.39, 0.29) is 5.97 Å². The summed E-state index contributed by atoms with van der Waals surface area (Å²) < 4.78 is 6.13. The molecule has 1 heterocycles. The van der Waals surface area contributed by atoms with Gasteiger partial charge in [-0.05, 0) is 25.0 Å². The van der Waals surface area contributed by atoms with Crippen molar-refractivity contribution in [3.63, 3.8) is 0 Å². The third-order valence-corrected chi connectivity index (χ3v) is 1.80. The Hall–Kier alpha value is -1.45. The van der Waals surface area contributed by atoms with Crippen molar-refractivity contribution >= 4 is 5.97 Å². The van der Waals surface area contributed by atoms with Crippen molar-refractivity contribution in [2.45, 2.75) is 20.3 Å². The fourth-order valence-corrected chi connectivity index (χ4v) is 1.10. The average Bonchev–Trinajstić information content (AvgIpc) is 2.47. The maximum Gasteiger partial charge on any atom is 0.356 e. The summed E-state index contributed by atoms with van der Waals surface area (Å²) in [5.41, 5.74) is 1.43. The Balaban J connectivity index is 2.87. The summed E-state index contributed by atoms with van der Waals surface area (Å²) in [6.45, 7) is 4.14. The van der Waals surface area contributed by atoms with Crippen molar-refractivity contribution in [2.75, 3.05) is 12.4 Å². The maximum atomic E-state index is 11.3. The molecule has 2 N–H and O–H groups in total. The molecule has 1 aromatic heterocycles. The summed E-state index contributed by atoms with van der Waals surface area (Å²) in [4.78, 5) is 11.3. The zero-order valence-electron chi connectivity index (χ0n) is 7.91. The van der Waals surface area contributed by atoms with Gasteiger partial charge in [0, 0.05) is 6.20 Å². The minimum absolute atomic E-state index is 0.367. The van der Waals surface area contributed by atoms with Gasteiger partial charge in [0.05, 0.1) is 6.61 Å². The van der Waals surface area contributed by atoms with E-state index in [9.17, 15) is 4.79 Å². The van der Waals surface area contributed by atoms with Gasteiger partial charge in [0.1, 0.15) is 5.69 Å². The molecule has 0 aromatic carbocycles. The first-order valence-corrected chi connectivity index (χ1v) is 4.32. The number of nitrogens with two attached hydrogens (primary N) is 1. The van der Waals surface area contributed by atoms with Crippen molar-refractivity contribution in [3.8, 4) is 0 Å². The van der Waals surface area contributed by atoms with Crippen LogP contribution in [-0.4, -0.2) is 17.3 Å². The van der Waals surface area contributed by atoms with Crippen molar-refractivity contribution < 1.29 is 9.53 Å². The van der Waals surface area contributed by atoms with Gasteiger partial charge < -0.3 is 10.6 Å². The summed E-state index contributed by atoms with van der Waals surface area (Å²) in [6.07, 6.45) is 2.59. The van der Waals surface area contributed by atoms with E-state index in [1.165, 1.54) is 4.68 Å². The monoisotopic (exact) mass is 182 g/mol. The molecule has 0 saturated heterocycles. The first-order chi connectivity index (χ1) is 6.19. The van der Waals surface area contributed by atoms with Crippen molar-refractivity contribution in [1.82, 2.24) is 4.68 Å². The number of carbonyl (C=O) groups is 1. The lowest BCUT2D eigenvalue weighted by Crippen LogP contribution is -2.16.